The van der Waals surface area contributed by atoms with Crippen molar-refractivity contribution in [1.82, 2.24) is 4.90 Å². The molecule has 0 aromatic heterocycles. The van der Waals surface area contributed by atoms with Crippen LogP contribution in [0, 0.1) is 5.82 Å². The molecule has 1 amide bonds. The van der Waals surface area contributed by atoms with Crippen LogP contribution in [-0.2, 0) is 11.3 Å². The van der Waals surface area contributed by atoms with Crippen molar-refractivity contribution >= 4 is 11.6 Å². The van der Waals surface area contributed by atoms with Crippen molar-refractivity contribution in [3.63, 3.8) is 0 Å². The number of nitrogens with one attached hydrogen (secondary N) is 1. The molecule has 0 fully saturated rings. The molecule has 0 aliphatic rings. The van der Waals surface area contributed by atoms with Crippen LogP contribution in [0.1, 0.15) is 5.56 Å². The highest BCUT2D eigenvalue weighted by atomic mass is 19.1. The van der Waals surface area contributed by atoms with E-state index < -0.39 is 5.82 Å². The molecule has 0 heterocycles. The molecule has 0 aliphatic heterocycles. The van der Waals surface area contributed by atoms with E-state index in [0.29, 0.717) is 18.0 Å². The number of rotatable bonds is 6. The van der Waals surface area contributed by atoms with Crippen LogP contribution in [0.5, 0.6) is 5.75 Å². The van der Waals surface area contributed by atoms with Crippen molar-refractivity contribution in [3.8, 4) is 5.75 Å². The van der Waals surface area contributed by atoms with E-state index in [0.717, 1.165) is 5.56 Å². The zero-order chi connectivity index (χ0) is 15.9. The van der Waals surface area contributed by atoms with Crippen LogP contribution in [0.3, 0.4) is 0 Å². The lowest BCUT2D eigenvalue weighted by atomic mass is 10.2. The Balaban J connectivity index is 1.92. The van der Waals surface area contributed by atoms with Crippen molar-refractivity contribution < 1.29 is 13.9 Å². The second-order valence-corrected chi connectivity index (χ2v) is 5.05. The third-order valence-corrected chi connectivity index (χ3v) is 3.15. The van der Waals surface area contributed by atoms with Gasteiger partial charge in [0.2, 0.25) is 5.91 Å². The molecule has 4 nitrogen and oxygen atoms in total. The fourth-order valence-electron chi connectivity index (χ4n) is 2.15. The minimum Gasteiger partial charge on any atom is -0.494 e. The first-order valence-corrected chi connectivity index (χ1v) is 6.94. The summed E-state index contributed by atoms with van der Waals surface area (Å²) in [5, 5.41) is 2.73. The number of hydrogen-bond donors (Lipinski definition) is 1. The number of hydrogen-bond acceptors (Lipinski definition) is 3. The zero-order valence-corrected chi connectivity index (χ0v) is 12.7. The van der Waals surface area contributed by atoms with Gasteiger partial charge in [0.25, 0.3) is 0 Å². The molecule has 1 N–H and O–H groups in total. The van der Waals surface area contributed by atoms with Gasteiger partial charge in [-0.1, -0.05) is 30.3 Å². The highest BCUT2D eigenvalue weighted by Crippen LogP contribution is 2.24. The molecule has 0 spiro atoms. The molecule has 0 unspecified atom stereocenters. The summed E-state index contributed by atoms with van der Waals surface area (Å²) in [4.78, 5) is 14.0. The van der Waals surface area contributed by atoms with Gasteiger partial charge in [-0.15, -0.1) is 0 Å². The maximum Gasteiger partial charge on any atom is 0.238 e. The molecule has 0 aliphatic carbocycles. The second kappa shape index (κ2) is 7.56. The monoisotopic (exact) mass is 302 g/mol. The van der Waals surface area contributed by atoms with Crippen molar-refractivity contribution in [3.05, 3.63) is 59.9 Å². The first-order valence-electron chi connectivity index (χ1n) is 6.94. The molecule has 116 valence electrons. The molecule has 0 radical (unpaired) electrons. The Kier molecular flexibility index (Phi) is 5.49. The summed E-state index contributed by atoms with van der Waals surface area (Å²) in [5.41, 5.74) is 1.60. The average Bonchev–Trinajstić information content (AvgIpc) is 2.49. The molecule has 2 aromatic carbocycles. The van der Waals surface area contributed by atoms with Gasteiger partial charge in [0.1, 0.15) is 11.6 Å². The maximum absolute atomic E-state index is 13.1. The predicted molar refractivity (Wildman–Crippen MR) is 84.4 cm³/mol. The Hall–Kier alpha value is -2.40. The maximum atomic E-state index is 13.1. The highest BCUT2D eigenvalue weighted by molar-refractivity contribution is 5.93. The van der Waals surface area contributed by atoms with E-state index in [9.17, 15) is 9.18 Å². The molecular weight excluding hydrogens is 283 g/mol. The number of halogens is 1. The van der Waals surface area contributed by atoms with Crippen molar-refractivity contribution in [1.29, 1.82) is 0 Å². The van der Waals surface area contributed by atoms with Gasteiger partial charge in [0.05, 0.1) is 19.3 Å². The number of carbonyl (C=O) groups excluding carboxylic acids is 1. The molecule has 0 saturated carbocycles. The van der Waals surface area contributed by atoms with Crippen molar-refractivity contribution in [2.24, 2.45) is 0 Å². The van der Waals surface area contributed by atoms with E-state index in [1.165, 1.54) is 25.3 Å². The van der Waals surface area contributed by atoms with Gasteiger partial charge in [-0.3, -0.25) is 9.69 Å². The van der Waals surface area contributed by atoms with Gasteiger partial charge < -0.3 is 10.1 Å². The van der Waals surface area contributed by atoms with E-state index in [1.54, 1.807) is 0 Å². The third-order valence-electron chi connectivity index (χ3n) is 3.15. The first-order chi connectivity index (χ1) is 10.6. The molecule has 0 atom stereocenters. The van der Waals surface area contributed by atoms with Gasteiger partial charge in [0.15, 0.2) is 0 Å². The Morgan fingerprint density at radius 2 is 1.95 bits per heavy atom. The number of nitrogens with zero attached hydrogens (tertiary/aromatic N) is 1. The topological polar surface area (TPSA) is 41.6 Å². The molecule has 5 heteroatoms. The van der Waals surface area contributed by atoms with E-state index >= 15 is 0 Å². The van der Waals surface area contributed by atoms with Gasteiger partial charge in [-0.05, 0) is 24.7 Å². The number of benzene rings is 2. The van der Waals surface area contributed by atoms with E-state index in [1.807, 2.05) is 42.3 Å². The smallest absolute Gasteiger partial charge is 0.238 e. The Morgan fingerprint density at radius 3 is 2.64 bits per heavy atom. The van der Waals surface area contributed by atoms with E-state index in [4.69, 9.17) is 4.74 Å². The van der Waals surface area contributed by atoms with Crippen LogP contribution < -0.4 is 10.1 Å². The van der Waals surface area contributed by atoms with Crippen molar-refractivity contribution in [2.75, 3.05) is 26.0 Å². The fourth-order valence-corrected chi connectivity index (χ4v) is 2.15. The number of anilines is 1. The van der Waals surface area contributed by atoms with Gasteiger partial charge >= 0.3 is 0 Å². The number of methoxy groups -OCH3 is 1. The molecule has 2 rings (SSSR count). The Morgan fingerprint density at radius 1 is 1.23 bits per heavy atom. The zero-order valence-electron chi connectivity index (χ0n) is 12.7. The van der Waals surface area contributed by atoms with E-state index in [-0.39, 0.29) is 12.5 Å². The molecule has 0 saturated heterocycles. The summed E-state index contributed by atoms with van der Waals surface area (Å²) in [7, 11) is 3.31. The first kappa shape index (κ1) is 16.0. The Labute approximate surface area is 129 Å². The van der Waals surface area contributed by atoms with Crippen LogP contribution >= 0.6 is 0 Å². The van der Waals surface area contributed by atoms with Crippen LogP contribution in [0.15, 0.2) is 48.5 Å². The Bertz CT molecular complexity index is 632. The normalized spacial score (nSPS) is 10.5. The van der Waals surface area contributed by atoms with Gasteiger partial charge in [0, 0.05) is 12.6 Å². The summed E-state index contributed by atoms with van der Waals surface area (Å²) in [6, 6.07) is 13.9. The highest BCUT2D eigenvalue weighted by Gasteiger charge is 2.11. The van der Waals surface area contributed by atoms with Crippen LogP contribution in [0.4, 0.5) is 10.1 Å². The van der Waals surface area contributed by atoms with Crippen LogP contribution in [0.25, 0.3) is 0 Å². The molecule has 22 heavy (non-hydrogen) atoms. The summed E-state index contributed by atoms with van der Waals surface area (Å²) in [6.07, 6.45) is 0. The SMILES string of the molecule is COc1cc(F)ccc1NC(=O)CN(C)Cc1ccccc1. The molecular formula is C17H19FN2O2. The standard InChI is InChI=1S/C17H19FN2O2/c1-20(11-13-6-4-3-5-7-13)12-17(21)19-15-9-8-14(18)10-16(15)22-2/h3-10H,11-12H2,1-2H3,(H,19,21). The lowest BCUT2D eigenvalue weighted by Crippen LogP contribution is -2.29. The quantitative estimate of drug-likeness (QED) is 0.892. The van der Waals surface area contributed by atoms with Gasteiger partial charge in [-0.25, -0.2) is 4.39 Å². The number of ether oxygens (including phenoxy) is 1. The summed E-state index contributed by atoms with van der Waals surface area (Å²) in [6.45, 7) is 0.907. The predicted octanol–water partition coefficient (Wildman–Crippen LogP) is 2.90. The number of carbonyl (C=O) groups is 1. The number of likely N-dealkylation sites (N-methyl/N-ethyl adjacent to an activating group) is 1. The van der Waals surface area contributed by atoms with Crippen LogP contribution in [0.2, 0.25) is 0 Å². The second-order valence-electron chi connectivity index (χ2n) is 5.05. The molecule has 2 aromatic rings. The summed E-state index contributed by atoms with van der Waals surface area (Å²) in [5.74, 6) is -0.279. The van der Waals surface area contributed by atoms with E-state index in [2.05, 4.69) is 5.32 Å². The summed E-state index contributed by atoms with van der Waals surface area (Å²) < 4.78 is 18.2. The molecule has 0 bridgehead atoms. The van der Waals surface area contributed by atoms with Gasteiger partial charge in [-0.2, -0.15) is 0 Å². The minimum absolute atomic E-state index is 0.177. The number of amides is 1. The largest absolute Gasteiger partial charge is 0.494 e. The lowest BCUT2D eigenvalue weighted by Gasteiger charge is -2.17. The third kappa shape index (κ3) is 4.56. The fraction of sp³-hybridized carbons (Fsp3) is 0.235. The van der Waals surface area contributed by atoms with Crippen LogP contribution in [-0.4, -0.2) is 31.5 Å². The summed E-state index contributed by atoms with van der Waals surface area (Å²) >= 11 is 0. The lowest BCUT2D eigenvalue weighted by molar-refractivity contribution is -0.117. The average molecular weight is 302 g/mol. The minimum atomic E-state index is -0.406. The van der Waals surface area contributed by atoms with Crippen molar-refractivity contribution in [2.45, 2.75) is 6.54 Å².